The maximum absolute atomic E-state index is 11.5. The van der Waals surface area contributed by atoms with Crippen LogP contribution in [0.25, 0.3) is 4.85 Å². The molecule has 2 N–H and O–H groups in total. The van der Waals surface area contributed by atoms with Crippen LogP contribution in [0.5, 0.6) is 0 Å². The summed E-state index contributed by atoms with van der Waals surface area (Å²) in [5, 5.41) is 0. The third-order valence-corrected chi connectivity index (χ3v) is 3.93. The van der Waals surface area contributed by atoms with Crippen LogP contribution >= 0.6 is 0 Å². The van der Waals surface area contributed by atoms with Gasteiger partial charge in [0.2, 0.25) is 5.69 Å². The van der Waals surface area contributed by atoms with Crippen LogP contribution < -0.4 is 10.6 Å². The fraction of sp³-hybridized carbons (Fsp3) is 0.500. The SMILES string of the molecule is [C-]#[N+]c1ccc(N2CCC(CCC(=O)OCC(N)=O)CC2)nc1. The molecule has 0 aromatic carbocycles. The molecule has 2 heterocycles. The number of nitrogens with two attached hydrogens (primary N) is 1. The number of esters is 1. The fourth-order valence-corrected chi connectivity index (χ4v) is 2.63. The van der Waals surface area contributed by atoms with Crippen LogP contribution in [0.15, 0.2) is 18.3 Å². The average Bonchev–Trinajstić information content (AvgIpc) is 2.58. The highest BCUT2D eigenvalue weighted by molar-refractivity contribution is 5.78. The van der Waals surface area contributed by atoms with Crippen molar-refractivity contribution in [3.05, 3.63) is 29.7 Å². The van der Waals surface area contributed by atoms with Crippen molar-refractivity contribution in [2.45, 2.75) is 25.7 Å². The Morgan fingerprint density at radius 3 is 2.70 bits per heavy atom. The molecule has 1 aromatic heterocycles. The highest BCUT2D eigenvalue weighted by Crippen LogP contribution is 2.26. The molecule has 0 radical (unpaired) electrons. The molecular weight excluding hydrogens is 296 g/mol. The first-order chi connectivity index (χ1) is 11.1. The van der Waals surface area contributed by atoms with Crippen molar-refractivity contribution in [1.82, 2.24) is 4.98 Å². The Morgan fingerprint density at radius 1 is 1.39 bits per heavy atom. The summed E-state index contributed by atoms with van der Waals surface area (Å²) in [4.78, 5) is 31.8. The molecule has 0 bridgehead atoms. The maximum atomic E-state index is 11.5. The molecule has 0 unspecified atom stereocenters. The van der Waals surface area contributed by atoms with Crippen LogP contribution in [0.3, 0.4) is 0 Å². The highest BCUT2D eigenvalue weighted by Gasteiger charge is 2.21. The first-order valence-corrected chi connectivity index (χ1v) is 7.61. The van der Waals surface area contributed by atoms with Gasteiger partial charge in [-0.25, -0.2) is 4.85 Å². The van der Waals surface area contributed by atoms with Crippen molar-refractivity contribution < 1.29 is 14.3 Å². The van der Waals surface area contributed by atoms with E-state index in [4.69, 9.17) is 17.0 Å². The highest BCUT2D eigenvalue weighted by atomic mass is 16.5. The molecule has 2 rings (SSSR count). The Labute approximate surface area is 135 Å². The summed E-state index contributed by atoms with van der Waals surface area (Å²) in [6, 6.07) is 3.64. The van der Waals surface area contributed by atoms with Crippen LogP contribution in [0, 0.1) is 12.5 Å². The Balaban J connectivity index is 1.72. The number of primary amides is 1. The van der Waals surface area contributed by atoms with Crippen LogP contribution in [-0.4, -0.2) is 36.6 Å². The lowest BCUT2D eigenvalue weighted by atomic mass is 9.92. The van der Waals surface area contributed by atoms with Crippen molar-refractivity contribution in [3.63, 3.8) is 0 Å². The Morgan fingerprint density at radius 2 is 2.13 bits per heavy atom. The van der Waals surface area contributed by atoms with E-state index in [0.29, 0.717) is 18.0 Å². The molecule has 1 amide bonds. The van der Waals surface area contributed by atoms with E-state index in [2.05, 4.69) is 14.7 Å². The molecule has 23 heavy (non-hydrogen) atoms. The normalized spacial score (nSPS) is 15.0. The van der Waals surface area contributed by atoms with Gasteiger partial charge in [0.1, 0.15) is 5.82 Å². The number of carbonyl (C=O) groups is 2. The van der Waals surface area contributed by atoms with Crippen molar-refractivity contribution in [1.29, 1.82) is 0 Å². The Bertz CT molecular complexity index is 586. The first-order valence-electron chi connectivity index (χ1n) is 7.61. The van der Waals surface area contributed by atoms with E-state index in [0.717, 1.165) is 38.2 Å². The molecule has 1 aliphatic rings. The Kier molecular flexibility index (Phi) is 5.92. The molecule has 122 valence electrons. The van der Waals surface area contributed by atoms with Gasteiger partial charge in [-0.15, -0.1) is 0 Å². The third kappa shape index (κ3) is 5.25. The van der Waals surface area contributed by atoms with Crippen molar-refractivity contribution in [3.8, 4) is 0 Å². The van der Waals surface area contributed by atoms with Crippen molar-refractivity contribution in [2.24, 2.45) is 11.7 Å². The summed E-state index contributed by atoms with van der Waals surface area (Å²) in [5.74, 6) is 0.345. The number of carbonyl (C=O) groups excluding carboxylic acids is 2. The minimum absolute atomic E-state index is 0.315. The topological polar surface area (TPSA) is 89.9 Å². The second-order valence-electron chi connectivity index (χ2n) is 5.58. The molecule has 1 aromatic rings. The molecule has 0 atom stereocenters. The smallest absolute Gasteiger partial charge is 0.306 e. The summed E-state index contributed by atoms with van der Waals surface area (Å²) in [7, 11) is 0. The second-order valence-corrected chi connectivity index (χ2v) is 5.58. The first kappa shape index (κ1) is 16.7. The minimum atomic E-state index is -0.636. The molecule has 1 fully saturated rings. The van der Waals surface area contributed by atoms with Crippen LogP contribution in [0.1, 0.15) is 25.7 Å². The third-order valence-electron chi connectivity index (χ3n) is 3.93. The number of rotatable bonds is 6. The quantitative estimate of drug-likeness (QED) is 0.637. The average molecular weight is 316 g/mol. The lowest BCUT2D eigenvalue weighted by Gasteiger charge is -2.32. The molecule has 0 saturated carbocycles. The second kappa shape index (κ2) is 8.13. The van der Waals surface area contributed by atoms with Crippen LogP contribution in [-0.2, 0) is 14.3 Å². The van der Waals surface area contributed by atoms with Gasteiger partial charge in [0.25, 0.3) is 5.91 Å². The molecule has 7 heteroatoms. The van der Waals surface area contributed by atoms with Gasteiger partial charge in [-0.1, -0.05) is 6.07 Å². The minimum Gasteiger partial charge on any atom is -0.456 e. The number of nitrogens with zero attached hydrogens (tertiary/aromatic N) is 3. The summed E-state index contributed by atoms with van der Waals surface area (Å²) < 4.78 is 4.75. The number of hydrogen-bond acceptors (Lipinski definition) is 5. The van der Waals surface area contributed by atoms with Crippen molar-refractivity contribution in [2.75, 3.05) is 24.6 Å². The van der Waals surface area contributed by atoms with E-state index in [1.165, 1.54) is 0 Å². The number of amides is 1. The number of hydrogen-bond donors (Lipinski definition) is 1. The van der Waals surface area contributed by atoms with E-state index in [1.54, 1.807) is 12.3 Å². The standard InChI is InChI=1S/C16H20N4O3/c1-18-13-3-4-15(19-10-13)20-8-6-12(7-9-20)2-5-16(22)23-11-14(17)21/h3-4,10,12H,2,5-9,11H2,(H2,17,21). The molecular formula is C16H20N4O3. The zero-order chi connectivity index (χ0) is 16.7. The van der Waals surface area contributed by atoms with Gasteiger partial charge in [-0.2, -0.15) is 0 Å². The van der Waals surface area contributed by atoms with Gasteiger partial charge < -0.3 is 15.4 Å². The fourth-order valence-electron chi connectivity index (χ4n) is 2.63. The van der Waals surface area contributed by atoms with Gasteiger partial charge in [0.15, 0.2) is 6.61 Å². The van der Waals surface area contributed by atoms with E-state index in [-0.39, 0.29) is 12.6 Å². The zero-order valence-electron chi connectivity index (χ0n) is 12.9. The number of aromatic nitrogens is 1. The summed E-state index contributed by atoms with van der Waals surface area (Å²) >= 11 is 0. The zero-order valence-corrected chi connectivity index (χ0v) is 12.9. The molecule has 7 nitrogen and oxygen atoms in total. The summed E-state index contributed by atoms with van der Waals surface area (Å²) in [6.07, 6.45) is 4.62. The van der Waals surface area contributed by atoms with E-state index in [1.807, 2.05) is 6.07 Å². The lowest BCUT2D eigenvalue weighted by molar-refractivity contribution is -0.148. The molecule has 0 aliphatic carbocycles. The van der Waals surface area contributed by atoms with Gasteiger partial charge in [0, 0.05) is 25.7 Å². The van der Waals surface area contributed by atoms with E-state index in [9.17, 15) is 9.59 Å². The number of piperidine rings is 1. The van der Waals surface area contributed by atoms with Gasteiger partial charge in [0.05, 0.1) is 6.57 Å². The predicted octanol–water partition coefficient (Wildman–Crippen LogP) is 1.66. The van der Waals surface area contributed by atoms with Crippen LogP contribution in [0.4, 0.5) is 11.5 Å². The summed E-state index contributed by atoms with van der Waals surface area (Å²) in [5.41, 5.74) is 5.46. The predicted molar refractivity (Wildman–Crippen MR) is 84.8 cm³/mol. The van der Waals surface area contributed by atoms with E-state index < -0.39 is 5.91 Å². The number of anilines is 1. The molecule has 1 saturated heterocycles. The number of ether oxygens (including phenoxy) is 1. The van der Waals surface area contributed by atoms with Gasteiger partial charge in [-0.3, -0.25) is 14.6 Å². The van der Waals surface area contributed by atoms with Gasteiger partial charge >= 0.3 is 5.97 Å². The lowest BCUT2D eigenvalue weighted by Crippen LogP contribution is -2.34. The Hall–Kier alpha value is -2.62. The largest absolute Gasteiger partial charge is 0.456 e. The monoisotopic (exact) mass is 316 g/mol. The van der Waals surface area contributed by atoms with Crippen LogP contribution in [0.2, 0.25) is 0 Å². The maximum Gasteiger partial charge on any atom is 0.306 e. The molecule has 1 aliphatic heterocycles. The summed E-state index contributed by atoms with van der Waals surface area (Å²) in [6.45, 7) is 8.34. The molecule has 0 spiro atoms. The van der Waals surface area contributed by atoms with Gasteiger partial charge in [-0.05, 0) is 31.2 Å². The number of pyridine rings is 1. The van der Waals surface area contributed by atoms with Crippen molar-refractivity contribution >= 4 is 23.4 Å². The van der Waals surface area contributed by atoms with E-state index >= 15 is 0 Å².